The minimum absolute atomic E-state index is 0.566. The average Bonchev–Trinajstić information content (AvgIpc) is 2.56. The smallest absolute Gasteiger partial charge is 0.0143 e. The quantitative estimate of drug-likeness (QED) is 0.408. The van der Waals surface area contributed by atoms with Gasteiger partial charge in [0.2, 0.25) is 0 Å². The van der Waals surface area contributed by atoms with Gasteiger partial charge in [0, 0.05) is 0 Å². The van der Waals surface area contributed by atoms with Crippen LogP contribution in [-0.2, 0) is 0 Å². The maximum absolute atomic E-state index is 2.34. The van der Waals surface area contributed by atoms with Gasteiger partial charge in [-0.25, -0.2) is 0 Å². The van der Waals surface area contributed by atoms with Crippen LogP contribution in [0.25, 0.3) is 21.5 Å². The first-order valence-corrected chi connectivity index (χ1v) is 8.58. The van der Waals surface area contributed by atoms with Crippen LogP contribution in [-0.4, -0.2) is 0 Å². The molecule has 0 nitrogen and oxygen atoms in total. The summed E-state index contributed by atoms with van der Waals surface area (Å²) in [6.45, 7) is 14.7. The highest BCUT2D eigenvalue weighted by atomic mass is 14.1. The van der Waals surface area contributed by atoms with Crippen LogP contribution in [0.4, 0.5) is 0 Å². The molecule has 0 unspecified atom stereocenters. The molecular weight excluding hydrogens is 264 g/mol. The summed E-state index contributed by atoms with van der Waals surface area (Å²) in [5, 5.41) is 5.41. The Morgan fingerprint density at radius 2 is 1.36 bits per heavy atom. The molecule has 0 atom stereocenters. The molecule has 0 bridgehead atoms. The standard InChI is InChI=1S/C18H18.2C2H6/c1-12(2)17-6-4-5-15-10-14-8-7-13(3)9-16(14)11-18(15)17;2*1-2/h4-12H,1-3H3;2*1-2H3. The number of hydrogen-bond acceptors (Lipinski definition) is 0. The van der Waals surface area contributed by atoms with E-state index in [1.165, 1.54) is 32.7 Å². The molecule has 0 saturated carbocycles. The van der Waals surface area contributed by atoms with E-state index in [2.05, 4.69) is 69.3 Å². The predicted molar refractivity (Wildman–Crippen MR) is 103 cm³/mol. The lowest BCUT2D eigenvalue weighted by Crippen LogP contribution is -1.89. The lowest BCUT2D eigenvalue weighted by molar-refractivity contribution is 0.876. The molecule has 0 amide bonds. The predicted octanol–water partition coefficient (Wildman–Crippen LogP) is 7.48. The van der Waals surface area contributed by atoms with Gasteiger partial charge in [-0.15, -0.1) is 0 Å². The van der Waals surface area contributed by atoms with Crippen LogP contribution in [0.5, 0.6) is 0 Å². The van der Waals surface area contributed by atoms with E-state index in [4.69, 9.17) is 0 Å². The molecule has 3 aromatic carbocycles. The monoisotopic (exact) mass is 294 g/mol. The van der Waals surface area contributed by atoms with E-state index in [1.807, 2.05) is 27.7 Å². The number of fused-ring (bicyclic) bond motifs is 2. The molecule has 0 heterocycles. The minimum atomic E-state index is 0.566. The molecule has 0 aliphatic heterocycles. The van der Waals surface area contributed by atoms with Gasteiger partial charge >= 0.3 is 0 Å². The average molecular weight is 294 g/mol. The first-order chi connectivity index (χ1) is 10.6. The van der Waals surface area contributed by atoms with E-state index in [1.54, 1.807) is 0 Å². The Kier molecular flexibility index (Phi) is 7.11. The fourth-order valence-electron chi connectivity index (χ4n) is 2.67. The zero-order chi connectivity index (χ0) is 16.7. The Labute approximate surface area is 136 Å². The van der Waals surface area contributed by atoms with E-state index in [9.17, 15) is 0 Å². The van der Waals surface area contributed by atoms with Crippen molar-refractivity contribution in [3.63, 3.8) is 0 Å². The summed E-state index contributed by atoms with van der Waals surface area (Å²) in [5.74, 6) is 0.566. The van der Waals surface area contributed by atoms with Crippen molar-refractivity contribution in [2.75, 3.05) is 0 Å². The SMILES string of the molecule is CC.CC.Cc1ccc2cc3cccc(C(C)C)c3cc2c1. The highest BCUT2D eigenvalue weighted by Gasteiger charge is 2.06. The second kappa shape index (κ2) is 8.58. The number of rotatable bonds is 1. The van der Waals surface area contributed by atoms with Gasteiger partial charge in [0.1, 0.15) is 0 Å². The molecular formula is C22H30. The lowest BCUT2D eigenvalue weighted by Gasteiger charge is -2.11. The summed E-state index contributed by atoms with van der Waals surface area (Å²) in [5.41, 5.74) is 2.76. The molecule has 0 aliphatic rings. The highest BCUT2D eigenvalue weighted by molar-refractivity contribution is 6.00. The number of hydrogen-bond donors (Lipinski definition) is 0. The second-order valence-corrected chi connectivity index (χ2v) is 5.43. The molecule has 0 N–H and O–H groups in total. The van der Waals surface area contributed by atoms with Gasteiger partial charge in [-0.3, -0.25) is 0 Å². The summed E-state index contributed by atoms with van der Waals surface area (Å²) in [7, 11) is 0. The molecule has 0 radical (unpaired) electrons. The molecule has 22 heavy (non-hydrogen) atoms. The summed E-state index contributed by atoms with van der Waals surface area (Å²) in [6, 6.07) is 17.9. The number of aryl methyl sites for hydroxylation is 1. The summed E-state index contributed by atoms with van der Waals surface area (Å²) < 4.78 is 0. The molecule has 0 spiro atoms. The van der Waals surface area contributed by atoms with Crippen molar-refractivity contribution in [3.05, 3.63) is 59.7 Å². The topological polar surface area (TPSA) is 0 Å². The lowest BCUT2D eigenvalue weighted by atomic mass is 9.93. The van der Waals surface area contributed by atoms with Gasteiger partial charge < -0.3 is 0 Å². The summed E-state index contributed by atoms with van der Waals surface area (Å²) >= 11 is 0. The Bertz CT molecular complexity index is 721. The van der Waals surface area contributed by atoms with Gasteiger partial charge in [-0.2, -0.15) is 0 Å². The van der Waals surface area contributed by atoms with Crippen LogP contribution >= 0.6 is 0 Å². The summed E-state index contributed by atoms with van der Waals surface area (Å²) in [6.07, 6.45) is 0. The largest absolute Gasteiger partial charge is 0.0683 e. The van der Waals surface area contributed by atoms with Gasteiger partial charge in [0.25, 0.3) is 0 Å². The molecule has 0 aromatic heterocycles. The zero-order valence-corrected chi connectivity index (χ0v) is 15.2. The van der Waals surface area contributed by atoms with Gasteiger partial charge in [-0.05, 0) is 52.1 Å². The Morgan fingerprint density at radius 1 is 0.682 bits per heavy atom. The van der Waals surface area contributed by atoms with Gasteiger partial charge in [-0.1, -0.05) is 83.5 Å². The van der Waals surface area contributed by atoms with E-state index < -0.39 is 0 Å². The molecule has 0 aliphatic carbocycles. The van der Waals surface area contributed by atoms with Crippen molar-refractivity contribution in [2.45, 2.75) is 54.4 Å². The van der Waals surface area contributed by atoms with Gasteiger partial charge in [0.05, 0.1) is 0 Å². The third-order valence-electron chi connectivity index (χ3n) is 3.65. The first-order valence-electron chi connectivity index (χ1n) is 8.58. The van der Waals surface area contributed by atoms with Crippen molar-refractivity contribution in [1.29, 1.82) is 0 Å². The number of benzene rings is 3. The molecule has 118 valence electrons. The molecule has 0 saturated heterocycles. The van der Waals surface area contributed by atoms with Gasteiger partial charge in [0.15, 0.2) is 0 Å². The minimum Gasteiger partial charge on any atom is -0.0683 e. The Morgan fingerprint density at radius 3 is 2.00 bits per heavy atom. The van der Waals surface area contributed by atoms with Crippen molar-refractivity contribution < 1.29 is 0 Å². The van der Waals surface area contributed by atoms with Crippen LogP contribution in [0.1, 0.15) is 58.6 Å². The third-order valence-corrected chi connectivity index (χ3v) is 3.65. The normalized spacial score (nSPS) is 10.0. The molecule has 3 aromatic rings. The van der Waals surface area contributed by atoms with Crippen LogP contribution in [0.2, 0.25) is 0 Å². The van der Waals surface area contributed by atoms with Crippen LogP contribution in [0.3, 0.4) is 0 Å². The Hall–Kier alpha value is -1.82. The second-order valence-electron chi connectivity index (χ2n) is 5.43. The van der Waals surface area contributed by atoms with E-state index in [-0.39, 0.29) is 0 Å². The maximum Gasteiger partial charge on any atom is -0.0143 e. The van der Waals surface area contributed by atoms with E-state index in [0.29, 0.717) is 5.92 Å². The van der Waals surface area contributed by atoms with Crippen LogP contribution in [0, 0.1) is 6.92 Å². The molecule has 3 rings (SSSR count). The Balaban J connectivity index is 0.000000561. The first kappa shape index (κ1) is 18.2. The molecule has 0 heteroatoms. The highest BCUT2D eigenvalue weighted by Crippen LogP contribution is 2.29. The molecule has 0 fully saturated rings. The van der Waals surface area contributed by atoms with E-state index >= 15 is 0 Å². The summed E-state index contributed by atoms with van der Waals surface area (Å²) in [4.78, 5) is 0. The van der Waals surface area contributed by atoms with Crippen molar-refractivity contribution in [2.24, 2.45) is 0 Å². The van der Waals surface area contributed by atoms with Crippen molar-refractivity contribution in [1.82, 2.24) is 0 Å². The fraction of sp³-hybridized carbons (Fsp3) is 0.364. The third kappa shape index (κ3) is 3.88. The van der Waals surface area contributed by atoms with E-state index in [0.717, 1.165) is 0 Å². The fourth-order valence-corrected chi connectivity index (χ4v) is 2.67. The maximum atomic E-state index is 2.34. The van der Waals surface area contributed by atoms with Crippen molar-refractivity contribution >= 4 is 21.5 Å². The van der Waals surface area contributed by atoms with Crippen molar-refractivity contribution in [3.8, 4) is 0 Å². The zero-order valence-electron chi connectivity index (χ0n) is 15.2. The van der Waals surface area contributed by atoms with Crippen LogP contribution < -0.4 is 0 Å². The van der Waals surface area contributed by atoms with Crippen LogP contribution in [0.15, 0.2) is 48.5 Å².